The van der Waals surface area contributed by atoms with E-state index in [2.05, 4.69) is 26.1 Å². The lowest BCUT2D eigenvalue weighted by Crippen LogP contribution is -2.64. The maximum absolute atomic E-state index is 13.5. The minimum Gasteiger partial charge on any atom is -0.466 e. The third-order valence-electron chi connectivity index (χ3n) is 6.96. The molecule has 1 aliphatic rings. The van der Waals surface area contributed by atoms with Crippen molar-refractivity contribution in [2.75, 3.05) is 23.9 Å². The first-order valence-corrected chi connectivity index (χ1v) is 18.5. The van der Waals surface area contributed by atoms with Gasteiger partial charge in [-0.25, -0.2) is 0 Å². The highest BCUT2D eigenvalue weighted by Gasteiger charge is 2.48. The Balaban J connectivity index is 2.35. The first-order valence-electron chi connectivity index (χ1n) is 15.4. The minimum absolute atomic E-state index is 0.0282. The predicted molar refractivity (Wildman–Crippen MR) is 180 cm³/mol. The molecule has 0 aromatic heterocycles. The van der Waals surface area contributed by atoms with Gasteiger partial charge in [-0.2, -0.15) is 0 Å². The van der Waals surface area contributed by atoms with Crippen LogP contribution in [0.25, 0.3) is 0 Å². The quantitative estimate of drug-likeness (QED) is 0.114. The van der Waals surface area contributed by atoms with E-state index < -0.39 is 53.7 Å². The fourth-order valence-corrected chi connectivity index (χ4v) is 8.67. The van der Waals surface area contributed by atoms with Crippen molar-refractivity contribution in [1.29, 1.82) is 0 Å². The van der Waals surface area contributed by atoms with Crippen LogP contribution in [0.3, 0.4) is 0 Å². The standard InChI is InChI=1S/C32H49NO9S3/c1-8-43-31-29(42-26(36)16-18-32(7,44-9-2)45-10-3)28(39-20-24-14-12-11-13-15-24)27(21(4)40-31)33-30(37)25(41-23(6)35)17-19-38-22(5)34/h11-15,21,25,27-29,31H,8-10,16-20H2,1-7H3,(H,33,37)/t21-,25-,27-,28+,29+,31+/m1/s1. The van der Waals surface area contributed by atoms with Crippen LogP contribution in [0.5, 0.6) is 0 Å². The molecule has 13 heteroatoms. The molecule has 45 heavy (non-hydrogen) atoms. The Morgan fingerprint density at radius 1 is 0.978 bits per heavy atom. The van der Waals surface area contributed by atoms with Crippen molar-refractivity contribution >= 4 is 59.1 Å². The monoisotopic (exact) mass is 687 g/mol. The molecule has 1 saturated heterocycles. The molecule has 6 atom stereocenters. The molecule has 0 radical (unpaired) electrons. The van der Waals surface area contributed by atoms with Crippen molar-refractivity contribution in [1.82, 2.24) is 5.32 Å². The summed E-state index contributed by atoms with van der Waals surface area (Å²) in [5.74, 6) is 0.466. The normalized spacial score (nSPS) is 22.2. The van der Waals surface area contributed by atoms with Gasteiger partial charge in [-0.05, 0) is 43.1 Å². The molecule has 10 nitrogen and oxygen atoms in total. The van der Waals surface area contributed by atoms with E-state index in [0.717, 1.165) is 17.1 Å². The fraction of sp³-hybridized carbons (Fsp3) is 0.688. The van der Waals surface area contributed by atoms with Gasteiger partial charge in [-0.3, -0.25) is 19.2 Å². The summed E-state index contributed by atoms with van der Waals surface area (Å²) in [6, 6.07) is 8.83. The van der Waals surface area contributed by atoms with Crippen LogP contribution in [0.4, 0.5) is 0 Å². The smallest absolute Gasteiger partial charge is 0.306 e. The van der Waals surface area contributed by atoms with Crippen molar-refractivity contribution in [3.63, 3.8) is 0 Å². The first kappa shape index (κ1) is 39.2. The first-order chi connectivity index (χ1) is 21.4. The topological polar surface area (TPSA) is 126 Å². The zero-order chi connectivity index (χ0) is 33.4. The number of hydrogen-bond donors (Lipinski definition) is 1. The zero-order valence-corrected chi connectivity index (χ0v) is 29.9. The number of carbonyl (C=O) groups is 4. The average Bonchev–Trinajstić information content (AvgIpc) is 2.98. The second-order valence-electron chi connectivity index (χ2n) is 10.6. The molecule has 0 bridgehead atoms. The van der Waals surface area contributed by atoms with Crippen LogP contribution in [-0.4, -0.2) is 87.7 Å². The van der Waals surface area contributed by atoms with Gasteiger partial charge in [-0.1, -0.05) is 51.1 Å². The molecule has 1 aromatic carbocycles. The number of nitrogens with one attached hydrogen (secondary N) is 1. The summed E-state index contributed by atoms with van der Waals surface area (Å²) >= 11 is 5.14. The Morgan fingerprint density at radius 2 is 1.64 bits per heavy atom. The number of rotatable bonds is 19. The highest BCUT2D eigenvalue weighted by atomic mass is 32.2. The van der Waals surface area contributed by atoms with Crippen molar-refractivity contribution in [3.8, 4) is 0 Å². The summed E-state index contributed by atoms with van der Waals surface area (Å²) < 4.78 is 29.1. The van der Waals surface area contributed by atoms with E-state index in [-0.39, 0.29) is 36.1 Å². The number of hydrogen-bond acceptors (Lipinski definition) is 12. The van der Waals surface area contributed by atoms with Gasteiger partial charge >= 0.3 is 17.9 Å². The molecule has 1 aromatic rings. The van der Waals surface area contributed by atoms with Crippen LogP contribution in [0.1, 0.15) is 73.3 Å². The van der Waals surface area contributed by atoms with Crippen molar-refractivity contribution in [2.45, 2.75) is 114 Å². The zero-order valence-electron chi connectivity index (χ0n) is 27.4. The molecular formula is C32H49NO9S3. The molecule has 1 fully saturated rings. The molecule has 0 saturated carbocycles. The van der Waals surface area contributed by atoms with Crippen LogP contribution >= 0.6 is 35.3 Å². The SMILES string of the molecule is CCS[C@@H]1O[C@H](C)[C@@H](NC(=O)[C@@H](CCOC(C)=O)OC(C)=O)[C@H](OCc2ccccc2)[C@@H]1OC(=O)CCC(C)(SCC)SCC. The Morgan fingerprint density at radius 3 is 2.22 bits per heavy atom. The van der Waals surface area contributed by atoms with Crippen LogP contribution in [0.2, 0.25) is 0 Å². The van der Waals surface area contributed by atoms with E-state index in [1.165, 1.54) is 25.6 Å². The number of ether oxygens (including phenoxy) is 5. The van der Waals surface area contributed by atoms with Gasteiger partial charge in [0.25, 0.3) is 5.91 Å². The third-order valence-corrected chi connectivity index (χ3v) is 10.9. The lowest BCUT2D eigenvalue weighted by molar-refractivity contribution is -0.199. The fourth-order valence-electron chi connectivity index (χ4n) is 4.93. The van der Waals surface area contributed by atoms with E-state index in [9.17, 15) is 19.2 Å². The molecule has 1 amide bonds. The van der Waals surface area contributed by atoms with E-state index in [4.69, 9.17) is 23.7 Å². The molecule has 0 spiro atoms. The number of esters is 3. The molecule has 2 rings (SSSR count). The van der Waals surface area contributed by atoms with Crippen LogP contribution in [0.15, 0.2) is 30.3 Å². The van der Waals surface area contributed by atoms with E-state index in [1.54, 1.807) is 0 Å². The summed E-state index contributed by atoms with van der Waals surface area (Å²) in [5.41, 5.74) is 0.382. The molecule has 254 valence electrons. The minimum atomic E-state index is -1.21. The van der Waals surface area contributed by atoms with Crippen LogP contribution in [0, 0.1) is 0 Å². The maximum Gasteiger partial charge on any atom is 0.306 e. The molecule has 1 heterocycles. The lowest BCUT2D eigenvalue weighted by atomic mass is 9.96. The molecule has 0 unspecified atom stereocenters. The molecule has 1 aliphatic heterocycles. The number of carbonyl (C=O) groups excluding carboxylic acids is 4. The number of thioether (sulfide) groups is 3. The van der Waals surface area contributed by atoms with Crippen molar-refractivity contribution < 1.29 is 42.9 Å². The second kappa shape index (κ2) is 20.3. The van der Waals surface area contributed by atoms with E-state index in [1.807, 2.05) is 67.7 Å². The third kappa shape index (κ3) is 13.8. The summed E-state index contributed by atoms with van der Waals surface area (Å²) in [5, 5.41) is 2.94. The van der Waals surface area contributed by atoms with Gasteiger partial charge in [0, 0.05) is 26.7 Å². The Hall–Kier alpha value is -1.93. The summed E-state index contributed by atoms with van der Waals surface area (Å²) in [7, 11) is 0. The molecular weight excluding hydrogens is 639 g/mol. The van der Waals surface area contributed by atoms with Crippen LogP contribution < -0.4 is 5.32 Å². The largest absolute Gasteiger partial charge is 0.466 e. The van der Waals surface area contributed by atoms with Crippen LogP contribution in [-0.2, 0) is 49.5 Å². The number of benzene rings is 1. The van der Waals surface area contributed by atoms with Gasteiger partial charge in [-0.15, -0.1) is 35.3 Å². The van der Waals surface area contributed by atoms with E-state index >= 15 is 0 Å². The Bertz CT molecular complexity index is 1070. The Labute approximate surface area is 280 Å². The summed E-state index contributed by atoms with van der Waals surface area (Å²) in [6.45, 7) is 12.7. The predicted octanol–water partition coefficient (Wildman–Crippen LogP) is 5.35. The van der Waals surface area contributed by atoms with Gasteiger partial charge in [0.1, 0.15) is 11.5 Å². The van der Waals surface area contributed by atoms with Crippen molar-refractivity contribution in [3.05, 3.63) is 35.9 Å². The van der Waals surface area contributed by atoms with Gasteiger partial charge < -0.3 is 29.0 Å². The van der Waals surface area contributed by atoms with Crippen molar-refractivity contribution in [2.24, 2.45) is 0 Å². The average molecular weight is 688 g/mol. The van der Waals surface area contributed by atoms with Gasteiger partial charge in [0.15, 0.2) is 12.2 Å². The highest BCUT2D eigenvalue weighted by molar-refractivity contribution is 8.18. The van der Waals surface area contributed by atoms with E-state index in [0.29, 0.717) is 12.2 Å². The maximum atomic E-state index is 13.5. The molecule has 0 aliphatic carbocycles. The second-order valence-corrected chi connectivity index (χ2v) is 15.8. The summed E-state index contributed by atoms with van der Waals surface area (Å²) in [4.78, 5) is 50.0. The summed E-state index contributed by atoms with van der Waals surface area (Å²) in [6.07, 6.45) is -2.52. The lowest BCUT2D eigenvalue weighted by Gasteiger charge is -2.45. The Kier molecular flexibility index (Phi) is 17.7. The van der Waals surface area contributed by atoms with Gasteiger partial charge in [0.2, 0.25) is 0 Å². The highest BCUT2D eigenvalue weighted by Crippen LogP contribution is 2.41. The number of amides is 1. The van der Waals surface area contributed by atoms with Gasteiger partial charge in [0.05, 0.1) is 29.4 Å². The molecule has 1 N–H and O–H groups in total.